The van der Waals surface area contributed by atoms with Crippen LogP contribution in [-0.2, 0) is 10.0 Å². The number of nitrogens with one attached hydrogen (secondary N) is 1. The number of carboxylic acids is 1. The molecule has 112 valence electrons. The molecule has 9 heteroatoms. The van der Waals surface area contributed by atoms with Crippen molar-refractivity contribution in [2.45, 2.75) is 4.21 Å². The number of carboxylic acid groups (broad SMARTS) is 1. The Morgan fingerprint density at radius 1 is 1.38 bits per heavy atom. The molecule has 6 nitrogen and oxygen atoms in total. The molecule has 0 atom stereocenters. The van der Waals surface area contributed by atoms with Crippen molar-refractivity contribution in [3.05, 3.63) is 40.2 Å². The number of anilines is 1. The molecule has 2 N–H and O–H groups in total. The second kappa shape index (κ2) is 5.92. The molecule has 0 saturated carbocycles. The molecular formula is C12H10ClNO5S2. The van der Waals surface area contributed by atoms with Crippen LogP contribution in [-0.4, -0.2) is 26.6 Å². The Labute approximate surface area is 130 Å². The molecule has 0 fully saturated rings. The summed E-state index contributed by atoms with van der Waals surface area (Å²) in [6.45, 7) is 0. The Kier molecular flexibility index (Phi) is 4.40. The summed E-state index contributed by atoms with van der Waals surface area (Å²) in [7, 11) is -2.51. The highest BCUT2D eigenvalue weighted by Crippen LogP contribution is 2.31. The van der Waals surface area contributed by atoms with Crippen LogP contribution < -0.4 is 9.46 Å². The number of benzene rings is 1. The van der Waals surface area contributed by atoms with Gasteiger partial charge in [0.25, 0.3) is 10.0 Å². The number of aromatic carboxylic acids is 1. The fraction of sp³-hybridized carbons (Fsp3) is 0.0833. The summed E-state index contributed by atoms with van der Waals surface area (Å²) in [4.78, 5) is 10.8. The maximum Gasteiger partial charge on any atom is 0.336 e. The summed E-state index contributed by atoms with van der Waals surface area (Å²) in [6, 6.07) is 5.58. The molecule has 1 aromatic carbocycles. The number of carbonyl (C=O) groups is 1. The number of hydrogen-bond donors (Lipinski definition) is 2. The minimum absolute atomic E-state index is 0.0848. The van der Waals surface area contributed by atoms with Crippen LogP contribution >= 0.6 is 22.9 Å². The van der Waals surface area contributed by atoms with Gasteiger partial charge in [-0.15, -0.1) is 11.3 Å². The van der Waals surface area contributed by atoms with Gasteiger partial charge in [0.05, 0.1) is 18.4 Å². The molecule has 0 amide bonds. The quantitative estimate of drug-likeness (QED) is 0.867. The fourth-order valence-corrected chi connectivity index (χ4v) is 3.91. The molecule has 2 aromatic rings. The van der Waals surface area contributed by atoms with Crippen LogP contribution in [0.1, 0.15) is 10.4 Å². The number of ether oxygens (including phenoxy) is 1. The second-order valence-electron chi connectivity index (χ2n) is 3.91. The van der Waals surface area contributed by atoms with Crippen LogP contribution in [0.15, 0.2) is 33.9 Å². The molecule has 2 rings (SSSR count). The average Bonchev–Trinajstić information content (AvgIpc) is 2.89. The molecule has 0 bridgehead atoms. The van der Waals surface area contributed by atoms with Crippen molar-refractivity contribution in [3.8, 4) is 5.75 Å². The summed E-state index contributed by atoms with van der Waals surface area (Å²) in [5.74, 6) is -0.883. The van der Waals surface area contributed by atoms with Crippen molar-refractivity contribution < 1.29 is 23.1 Å². The van der Waals surface area contributed by atoms with Gasteiger partial charge in [0.2, 0.25) is 0 Å². The van der Waals surface area contributed by atoms with Crippen molar-refractivity contribution in [1.29, 1.82) is 0 Å². The molecule has 0 saturated heterocycles. The van der Waals surface area contributed by atoms with Gasteiger partial charge in [-0.1, -0.05) is 11.6 Å². The van der Waals surface area contributed by atoms with E-state index in [-0.39, 0.29) is 15.5 Å². The van der Waals surface area contributed by atoms with Gasteiger partial charge in [0, 0.05) is 10.4 Å². The average molecular weight is 348 g/mol. The van der Waals surface area contributed by atoms with Crippen molar-refractivity contribution in [2.75, 3.05) is 11.8 Å². The van der Waals surface area contributed by atoms with Crippen molar-refractivity contribution in [2.24, 2.45) is 0 Å². The van der Waals surface area contributed by atoms with Gasteiger partial charge >= 0.3 is 5.97 Å². The zero-order valence-electron chi connectivity index (χ0n) is 10.7. The molecule has 0 aliphatic carbocycles. The van der Waals surface area contributed by atoms with E-state index >= 15 is 0 Å². The van der Waals surface area contributed by atoms with E-state index in [1.54, 1.807) is 6.07 Å². The molecule has 0 spiro atoms. The highest BCUT2D eigenvalue weighted by molar-refractivity contribution is 7.94. The normalized spacial score (nSPS) is 11.1. The van der Waals surface area contributed by atoms with Crippen molar-refractivity contribution in [3.63, 3.8) is 0 Å². The highest BCUT2D eigenvalue weighted by atomic mass is 35.5. The summed E-state index contributed by atoms with van der Waals surface area (Å²) >= 11 is 6.65. The van der Waals surface area contributed by atoms with Gasteiger partial charge in [0.15, 0.2) is 0 Å². The first kappa shape index (κ1) is 15.6. The van der Waals surface area contributed by atoms with E-state index in [0.29, 0.717) is 10.8 Å². The monoisotopic (exact) mass is 347 g/mol. The van der Waals surface area contributed by atoms with Crippen LogP contribution in [0.3, 0.4) is 0 Å². The first-order valence-corrected chi connectivity index (χ1v) is 8.26. The third kappa shape index (κ3) is 3.46. The Morgan fingerprint density at radius 3 is 2.67 bits per heavy atom. The van der Waals surface area contributed by atoms with Crippen LogP contribution in [0.5, 0.6) is 5.75 Å². The van der Waals surface area contributed by atoms with Crippen LogP contribution in [0, 0.1) is 0 Å². The number of rotatable bonds is 5. The highest BCUT2D eigenvalue weighted by Gasteiger charge is 2.20. The minimum atomic E-state index is -3.91. The lowest BCUT2D eigenvalue weighted by molar-refractivity contribution is 0.0697. The minimum Gasteiger partial charge on any atom is -0.495 e. The SMILES string of the molecule is COc1ccc(Cl)cc1NS(=O)(=O)c1cc(C(=O)O)cs1. The fourth-order valence-electron chi connectivity index (χ4n) is 1.52. The van der Waals surface area contributed by atoms with Gasteiger partial charge in [-0.2, -0.15) is 0 Å². The van der Waals surface area contributed by atoms with Crippen LogP contribution in [0.2, 0.25) is 5.02 Å². The third-order valence-corrected chi connectivity index (χ3v) is 5.53. The molecule has 1 aromatic heterocycles. The van der Waals surface area contributed by atoms with E-state index in [1.807, 2.05) is 0 Å². The second-order valence-corrected chi connectivity index (χ2v) is 7.17. The lowest BCUT2D eigenvalue weighted by atomic mass is 10.3. The van der Waals surface area contributed by atoms with E-state index in [1.165, 1.54) is 24.6 Å². The van der Waals surface area contributed by atoms with Gasteiger partial charge in [-0.05, 0) is 24.3 Å². The zero-order valence-corrected chi connectivity index (χ0v) is 13.1. The maximum atomic E-state index is 12.2. The van der Waals surface area contributed by atoms with Gasteiger partial charge in [0.1, 0.15) is 9.96 Å². The van der Waals surface area contributed by atoms with E-state index < -0.39 is 16.0 Å². The molecule has 0 unspecified atom stereocenters. The molecular weight excluding hydrogens is 338 g/mol. The summed E-state index contributed by atoms with van der Waals surface area (Å²) in [5.41, 5.74) is 0.0914. The van der Waals surface area contributed by atoms with Crippen LogP contribution in [0.4, 0.5) is 5.69 Å². The maximum absolute atomic E-state index is 12.2. The zero-order chi connectivity index (χ0) is 15.6. The lowest BCUT2D eigenvalue weighted by Crippen LogP contribution is -2.12. The van der Waals surface area contributed by atoms with E-state index in [4.69, 9.17) is 21.4 Å². The first-order valence-electron chi connectivity index (χ1n) is 5.51. The largest absolute Gasteiger partial charge is 0.495 e. The summed E-state index contributed by atoms with van der Waals surface area (Å²) < 4.78 is 31.7. The smallest absolute Gasteiger partial charge is 0.336 e. The Bertz CT molecular complexity index is 785. The lowest BCUT2D eigenvalue weighted by Gasteiger charge is -2.11. The number of thiophene rings is 1. The third-order valence-electron chi connectivity index (χ3n) is 2.49. The molecule has 21 heavy (non-hydrogen) atoms. The van der Waals surface area contributed by atoms with E-state index in [9.17, 15) is 13.2 Å². The number of sulfonamides is 1. The molecule has 1 heterocycles. The standard InChI is InChI=1S/C12H10ClNO5S2/c1-19-10-3-2-8(13)5-9(10)14-21(17,18)11-4-7(6-20-11)12(15)16/h2-6,14H,1H3,(H,15,16). The number of halogens is 1. The molecule has 0 aliphatic heterocycles. The first-order chi connectivity index (χ1) is 9.83. The molecule has 0 aliphatic rings. The number of methoxy groups -OCH3 is 1. The summed E-state index contributed by atoms with van der Waals surface area (Å²) in [6.07, 6.45) is 0. The van der Waals surface area contributed by atoms with Crippen molar-refractivity contribution in [1.82, 2.24) is 0 Å². The van der Waals surface area contributed by atoms with Crippen LogP contribution in [0.25, 0.3) is 0 Å². The Hall–Kier alpha value is -1.77. The van der Waals surface area contributed by atoms with E-state index in [2.05, 4.69) is 4.72 Å². The topological polar surface area (TPSA) is 92.7 Å². The summed E-state index contributed by atoms with van der Waals surface area (Å²) in [5, 5.41) is 10.4. The predicted molar refractivity (Wildman–Crippen MR) is 80.1 cm³/mol. The Balaban J connectivity index is 2.37. The van der Waals surface area contributed by atoms with Gasteiger partial charge < -0.3 is 9.84 Å². The molecule has 0 radical (unpaired) electrons. The number of hydrogen-bond acceptors (Lipinski definition) is 5. The van der Waals surface area contributed by atoms with Gasteiger partial charge in [-0.25, -0.2) is 13.2 Å². The Morgan fingerprint density at radius 2 is 2.10 bits per heavy atom. The van der Waals surface area contributed by atoms with Gasteiger partial charge in [-0.3, -0.25) is 4.72 Å². The van der Waals surface area contributed by atoms with E-state index in [0.717, 1.165) is 17.4 Å². The predicted octanol–water partition coefficient (Wildman–Crippen LogP) is 2.91. The van der Waals surface area contributed by atoms with Crippen molar-refractivity contribution >= 4 is 44.6 Å².